The average molecular weight is 413 g/mol. The fraction of sp³-hybridized carbons (Fsp3) is 0.455. The first kappa shape index (κ1) is 20.4. The molecule has 0 N–H and O–H groups in total. The number of methoxy groups -OCH3 is 1. The van der Waals surface area contributed by atoms with E-state index in [-0.39, 0.29) is 23.8 Å². The molecule has 0 spiro atoms. The molecule has 0 radical (unpaired) electrons. The van der Waals surface area contributed by atoms with Crippen molar-refractivity contribution in [1.82, 2.24) is 14.4 Å². The lowest BCUT2D eigenvalue weighted by molar-refractivity contribution is 0.0591. The van der Waals surface area contributed by atoms with Gasteiger partial charge in [0.15, 0.2) is 11.5 Å². The first-order valence-electron chi connectivity index (χ1n) is 10.2. The van der Waals surface area contributed by atoms with Crippen molar-refractivity contribution < 1.29 is 19.0 Å². The largest absolute Gasteiger partial charge is 0.454 e. The zero-order valence-electron chi connectivity index (χ0n) is 17.4. The fourth-order valence-corrected chi connectivity index (χ4v) is 3.84. The van der Waals surface area contributed by atoms with Crippen LogP contribution >= 0.6 is 0 Å². The summed E-state index contributed by atoms with van der Waals surface area (Å²) in [4.78, 5) is 30.3. The molecule has 4 rings (SSSR count). The second kappa shape index (κ2) is 8.89. The van der Waals surface area contributed by atoms with Crippen LogP contribution in [-0.4, -0.2) is 73.5 Å². The van der Waals surface area contributed by atoms with E-state index in [9.17, 15) is 9.59 Å². The molecule has 2 aliphatic rings. The summed E-state index contributed by atoms with van der Waals surface area (Å²) in [5.41, 5.74) is 1.60. The number of aryl methyl sites for hydroxylation is 1. The minimum absolute atomic E-state index is 0.191. The van der Waals surface area contributed by atoms with E-state index in [4.69, 9.17) is 14.2 Å². The number of amides is 1. The number of ether oxygens (including phenoxy) is 3. The maximum absolute atomic E-state index is 13.2. The van der Waals surface area contributed by atoms with Crippen molar-refractivity contribution in [3.8, 4) is 11.5 Å². The monoisotopic (exact) mass is 413 g/mol. The van der Waals surface area contributed by atoms with Gasteiger partial charge in [0.25, 0.3) is 11.5 Å². The van der Waals surface area contributed by atoms with Crippen molar-refractivity contribution in [3.05, 3.63) is 57.5 Å². The highest BCUT2D eigenvalue weighted by atomic mass is 16.7. The molecule has 0 bridgehead atoms. The van der Waals surface area contributed by atoms with E-state index >= 15 is 0 Å². The molecule has 1 fully saturated rings. The number of benzene rings is 1. The Labute approximate surface area is 175 Å². The van der Waals surface area contributed by atoms with Crippen molar-refractivity contribution >= 4 is 5.91 Å². The highest BCUT2D eigenvalue weighted by molar-refractivity contribution is 5.95. The highest BCUT2D eigenvalue weighted by Crippen LogP contribution is 2.32. The number of aromatic nitrogens is 1. The van der Waals surface area contributed by atoms with Gasteiger partial charge in [-0.25, -0.2) is 0 Å². The standard InChI is InChI=1S/C22H27N3O5/c1-16-5-6-25(14-17-3-4-18-19(13-17)30-15-29-18)22(27)20(16)21(26)24-9-7-23(8-10-24)11-12-28-2/h3-6,13H,7-12,14-15H2,1-2H3. The van der Waals surface area contributed by atoms with Crippen LogP contribution in [0.1, 0.15) is 21.5 Å². The second-order valence-electron chi connectivity index (χ2n) is 7.62. The molecule has 0 unspecified atom stereocenters. The van der Waals surface area contributed by atoms with Crippen LogP contribution in [0.2, 0.25) is 0 Å². The zero-order valence-corrected chi connectivity index (χ0v) is 17.4. The Morgan fingerprint density at radius 3 is 2.63 bits per heavy atom. The lowest BCUT2D eigenvalue weighted by Gasteiger charge is -2.34. The molecule has 2 aromatic rings. The van der Waals surface area contributed by atoms with E-state index in [2.05, 4.69) is 4.90 Å². The van der Waals surface area contributed by atoms with Gasteiger partial charge in [0.1, 0.15) is 5.56 Å². The van der Waals surface area contributed by atoms with Gasteiger partial charge in [0.05, 0.1) is 13.2 Å². The number of fused-ring (bicyclic) bond motifs is 1. The molecule has 0 aliphatic carbocycles. The third-order valence-electron chi connectivity index (χ3n) is 5.65. The summed E-state index contributed by atoms with van der Waals surface area (Å²) in [6.45, 7) is 6.70. The van der Waals surface area contributed by atoms with Gasteiger partial charge in [0.2, 0.25) is 6.79 Å². The van der Waals surface area contributed by atoms with Crippen LogP contribution in [0.15, 0.2) is 35.3 Å². The quantitative estimate of drug-likeness (QED) is 0.712. The van der Waals surface area contributed by atoms with Crippen LogP contribution in [0.25, 0.3) is 0 Å². The minimum atomic E-state index is -0.264. The number of piperazine rings is 1. The van der Waals surface area contributed by atoms with Crippen molar-refractivity contribution in [2.45, 2.75) is 13.5 Å². The summed E-state index contributed by atoms with van der Waals surface area (Å²) >= 11 is 0. The molecular weight excluding hydrogens is 386 g/mol. The number of carbonyl (C=O) groups is 1. The highest BCUT2D eigenvalue weighted by Gasteiger charge is 2.26. The van der Waals surface area contributed by atoms with Gasteiger partial charge in [-0.1, -0.05) is 6.07 Å². The van der Waals surface area contributed by atoms with E-state index in [1.807, 2.05) is 31.2 Å². The Balaban J connectivity index is 1.50. The van der Waals surface area contributed by atoms with Crippen molar-refractivity contribution in [2.24, 2.45) is 0 Å². The van der Waals surface area contributed by atoms with Crippen LogP contribution in [-0.2, 0) is 11.3 Å². The number of hydrogen-bond donors (Lipinski definition) is 0. The van der Waals surface area contributed by atoms with Crippen LogP contribution < -0.4 is 15.0 Å². The molecular formula is C22H27N3O5. The van der Waals surface area contributed by atoms with Crippen LogP contribution in [0.5, 0.6) is 11.5 Å². The number of pyridine rings is 1. The number of carbonyl (C=O) groups excluding carboxylic acids is 1. The Morgan fingerprint density at radius 1 is 1.10 bits per heavy atom. The van der Waals surface area contributed by atoms with Crippen molar-refractivity contribution in [2.75, 3.05) is 53.2 Å². The van der Waals surface area contributed by atoms with Crippen LogP contribution in [0, 0.1) is 6.92 Å². The SMILES string of the molecule is COCCN1CCN(C(=O)c2c(C)ccn(Cc3ccc4c(c3)OCO4)c2=O)CC1. The van der Waals surface area contributed by atoms with Gasteiger partial charge in [-0.3, -0.25) is 14.5 Å². The van der Waals surface area contributed by atoms with Crippen LogP contribution in [0.3, 0.4) is 0 Å². The van der Waals surface area contributed by atoms with Gasteiger partial charge in [0, 0.05) is 46.0 Å². The number of nitrogens with zero attached hydrogens (tertiary/aromatic N) is 3. The molecule has 8 nitrogen and oxygen atoms in total. The molecule has 0 atom stereocenters. The summed E-state index contributed by atoms with van der Waals surface area (Å²) in [5, 5.41) is 0. The van der Waals surface area contributed by atoms with Gasteiger partial charge in [-0.05, 0) is 36.2 Å². The zero-order chi connectivity index (χ0) is 21.1. The molecule has 3 heterocycles. The Bertz CT molecular complexity index is 979. The number of rotatable bonds is 6. The fourth-order valence-electron chi connectivity index (χ4n) is 3.84. The van der Waals surface area contributed by atoms with Crippen LogP contribution in [0.4, 0.5) is 0 Å². The summed E-state index contributed by atoms with van der Waals surface area (Å²) in [6.07, 6.45) is 1.74. The molecule has 160 valence electrons. The maximum Gasteiger partial charge on any atom is 0.263 e. The minimum Gasteiger partial charge on any atom is -0.454 e. The predicted octanol–water partition coefficient (Wildman–Crippen LogP) is 1.34. The van der Waals surface area contributed by atoms with Gasteiger partial charge in [-0.15, -0.1) is 0 Å². The van der Waals surface area contributed by atoms with Crippen molar-refractivity contribution in [3.63, 3.8) is 0 Å². The third kappa shape index (κ3) is 4.20. The number of hydrogen-bond acceptors (Lipinski definition) is 6. The lowest BCUT2D eigenvalue weighted by atomic mass is 10.1. The molecule has 30 heavy (non-hydrogen) atoms. The topological polar surface area (TPSA) is 73.2 Å². The maximum atomic E-state index is 13.2. The summed E-state index contributed by atoms with van der Waals surface area (Å²) < 4.78 is 17.5. The van der Waals surface area contributed by atoms with E-state index in [0.29, 0.717) is 43.3 Å². The van der Waals surface area contributed by atoms with E-state index in [1.165, 1.54) is 0 Å². The lowest BCUT2D eigenvalue weighted by Crippen LogP contribution is -2.50. The molecule has 1 amide bonds. The molecule has 2 aliphatic heterocycles. The summed E-state index contributed by atoms with van der Waals surface area (Å²) in [5.74, 6) is 1.19. The van der Waals surface area contributed by atoms with Gasteiger partial charge in [-0.2, -0.15) is 0 Å². The van der Waals surface area contributed by atoms with E-state index in [1.54, 1.807) is 22.8 Å². The first-order chi connectivity index (χ1) is 14.6. The van der Waals surface area contributed by atoms with Crippen molar-refractivity contribution in [1.29, 1.82) is 0 Å². The molecule has 1 aromatic carbocycles. The summed E-state index contributed by atoms with van der Waals surface area (Å²) in [6, 6.07) is 7.44. The van der Waals surface area contributed by atoms with Gasteiger partial charge < -0.3 is 23.7 Å². The second-order valence-corrected chi connectivity index (χ2v) is 7.62. The predicted molar refractivity (Wildman–Crippen MR) is 111 cm³/mol. The molecule has 1 saturated heterocycles. The van der Waals surface area contributed by atoms with Gasteiger partial charge >= 0.3 is 0 Å². The smallest absolute Gasteiger partial charge is 0.263 e. The van der Waals surface area contributed by atoms with E-state index in [0.717, 1.165) is 25.2 Å². The first-order valence-corrected chi connectivity index (χ1v) is 10.2. The Hall–Kier alpha value is -2.84. The van der Waals surface area contributed by atoms with E-state index < -0.39 is 0 Å². The Morgan fingerprint density at radius 2 is 1.87 bits per heavy atom. The Kier molecular flexibility index (Phi) is 6.06. The molecule has 0 saturated carbocycles. The average Bonchev–Trinajstić information content (AvgIpc) is 3.22. The summed E-state index contributed by atoms with van der Waals surface area (Å²) in [7, 11) is 1.69. The molecule has 8 heteroatoms. The third-order valence-corrected chi connectivity index (χ3v) is 5.65. The molecule has 1 aromatic heterocycles. The normalized spacial score (nSPS) is 16.1.